The number of anilines is 1. The smallest absolute Gasteiger partial charge is 0.227 e. The number of aryl methyl sites for hydroxylation is 1. The van der Waals surface area contributed by atoms with Crippen molar-refractivity contribution in [1.82, 2.24) is 9.97 Å². The Hall–Kier alpha value is -2.61. The standard InChI is InChI=1S/C17H18N4O/c1-12-10-13(11-18)20-17(19-12)21-9-5-7-15(21)14-6-3-4-8-16(14)22-2/h3-4,6,8,10,15H,5,7,9H2,1-2H3. The average molecular weight is 294 g/mol. The van der Waals surface area contributed by atoms with E-state index >= 15 is 0 Å². The molecule has 5 heteroatoms. The van der Waals surface area contributed by atoms with E-state index in [4.69, 9.17) is 10.00 Å². The molecule has 1 saturated heterocycles. The van der Waals surface area contributed by atoms with Crippen LogP contribution in [0.1, 0.15) is 35.8 Å². The molecule has 0 saturated carbocycles. The van der Waals surface area contributed by atoms with Crippen molar-refractivity contribution < 1.29 is 4.74 Å². The van der Waals surface area contributed by atoms with E-state index in [0.29, 0.717) is 11.6 Å². The van der Waals surface area contributed by atoms with E-state index in [1.54, 1.807) is 13.2 Å². The quantitative estimate of drug-likeness (QED) is 0.870. The minimum Gasteiger partial charge on any atom is -0.496 e. The number of rotatable bonds is 3. The molecule has 1 fully saturated rings. The number of hydrogen-bond acceptors (Lipinski definition) is 5. The van der Waals surface area contributed by atoms with Crippen LogP contribution in [0.5, 0.6) is 5.75 Å². The number of methoxy groups -OCH3 is 1. The molecular formula is C17H18N4O. The molecule has 1 unspecified atom stereocenters. The fourth-order valence-electron chi connectivity index (χ4n) is 3.01. The molecule has 0 radical (unpaired) electrons. The predicted octanol–water partition coefficient (Wildman–Crippen LogP) is 3.01. The molecular weight excluding hydrogens is 276 g/mol. The number of hydrogen-bond donors (Lipinski definition) is 0. The first kappa shape index (κ1) is 14.3. The summed E-state index contributed by atoms with van der Waals surface area (Å²) in [4.78, 5) is 11.1. The predicted molar refractivity (Wildman–Crippen MR) is 83.8 cm³/mol. The third-order valence-electron chi connectivity index (χ3n) is 3.96. The minimum absolute atomic E-state index is 0.185. The molecule has 22 heavy (non-hydrogen) atoms. The van der Waals surface area contributed by atoms with Crippen LogP contribution in [0.15, 0.2) is 30.3 Å². The van der Waals surface area contributed by atoms with Gasteiger partial charge in [0.2, 0.25) is 5.95 Å². The highest BCUT2D eigenvalue weighted by molar-refractivity contribution is 5.45. The van der Waals surface area contributed by atoms with Gasteiger partial charge in [0.1, 0.15) is 17.5 Å². The summed E-state index contributed by atoms with van der Waals surface area (Å²) in [5.74, 6) is 1.51. The summed E-state index contributed by atoms with van der Waals surface area (Å²) >= 11 is 0. The van der Waals surface area contributed by atoms with Crippen molar-refractivity contribution in [3.05, 3.63) is 47.3 Å². The van der Waals surface area contributed by atoms with Gasteiger partial charge in [-0.25, -0.2) is 9.97 Å². The molecule has 1 aromatic carbocycles. The third-order valence-corrected chi connectivity index (χ3v) is 3.96. The summed E-state index contributed by atoms with van der Waals surface area (Å²) in [6, 6.07) is 12.0. The van der Waals surface area contributed by atoms with Gasteiger partial charge < -0.3 is 9.64 Å². The van der Waals surface area contributed by atoms with Crippen LogP contribution in [-0.4, -0.2) is 23.6 Å². The van der Waals surface area contributed by atoms with Gasteiger partial charge in [-0.2, -0.15) is 5.26 Å². The summed E-state index contributed by atoms with van der Waals surface area (Å²) in [5, 5.41) is 9.12. The number of aromatic nitrogens is 2. The van der Waals surface area contributed by atoms with E-state index in [2.05, 4.69) is 27.0 Å². The number of nitriles is 1. The fraction of sp³-hybridized carbons (Fsp3) is 0.353. The molecule has 3 rings (SSSR count). The molecule has 0 spiro atoms. The van der Waals surface area contributed by atoms with Gasteiger partial charge in [0.15, 0.2) is 0 Å². The Bertz CT molecular complexity index is 723. The summed E-state index contributed by atoms with van der Waals surface area (Å²) in [7, 11) is 1.69. The van der Waals surface area contributed by atoms with Crippen LogP contribution in [0.25, 0.3) is 0 Å². The lowest BCUT2D eigenvalue weighted by Crippen LogP contribution is -2.25. The van der Waals surface area contributed by atoms with Crippen molar-refractivity contribution in [2.75, 3.05) is 18.6 Å². The summed E-state index contributed by atoms with van der Waals surface area (Å²) in [6.07, 6.45) is 2.10. The Kier molecular flexibility index (Phi) is 3.92. The van der Waals surface area contributed by atoms with Crippen LogP contribution in [-0.2, 0) is 0 Å². The van der Waals surface area contributed by atoms with Crippen LogP contribution in [0.4, 0.5) is 5.95 Å². The van der Waals surface area contributed by atoms with Crippen molar-refractivity contribution >= 4 is 5.95 Å². The first-order valence-corrected chi connectivity index (χ1v) is 7.38. The van der Waals surface area contributed by atoms with Crippen LogP contribution in [0.3, 0.4) is 0 Å². The van der Waals surface area contributed by atoms with Crippen molar-refractivity contribution in [3.8, 4) is 11.8 Å². The van der Waals surface area contributed by atoms with E-state index in [0.717, 1.165) is 36.4 Å². The highest BCUT2D eigenvalue weighted by atomic mass is 16.5. The zero-order valence-corrected chi connectivity index (χ0v) is 12.8. The van der Waals surface area contributed by atoms with E-state index in [1.165, 1.54) is 0 Å². The molecule has 2 heterocycles. The first-order chi connectivity index (χ1) is 10.7. The number of ether oxygens (including phenoxy) is 1. The lowest BCUT2D eigenvalue weighted by molar-refractivity contribution is 0.405. The maximum absolute atomic E-state index is 9.12. The average Bonchev–Trinajstić information content (AvgIpc) is 3.03. The van der Waals surface area contributed by atoms with Crippen molar-refractivity contribution in [2.45, 2.75) is 25.8 Å². The Balaban J connectivity index is 2.00. The normalized spacial score (nSPS) is 17.3. The van der Waals surface area contributed by atoms with E-state index in [1.807, 2.05) is 25.1 Å². The van der Waals surface area contributed by atoms with Gasteiger partial charge in [-0.3, -0.25) is 0 Å². The lowest BCUT2D eigenvalue weighted by Gasteiger charge is -2.26. The van der Waals surface area contributed by atoms with Gasteiger partial charge in [0, 0.05) is 17.8 Å². The van der Waals surface area contributed by atoms with Crippen LogP contribution < -0.4 is 9.64 Å². The highest BCUT2D eigenvalue weighted by Crippen LogP contribution is 2.38. The van der Waals surface area contributed by atoms with Crippen molar-refractivity contribution in [3.63, 3.8) is 0 Å². The Morgan fingerprint density at radius 1 is 1.32 bits per heavy atom. The maximum atomic E-state index is 9.12. The molecule has 1 aromatic heterocycles. The largest absolute Gasteiger partial charge is 0.496 e. The van der Waals surface area contributed by atoms with Gasteiger partial charge in [-0.15, -0.1) is 0 Å². The molecule has 2 aromatic rings. The molecule has 1 aliphatic heterocycles. The third kappa shape index (κ3) is 2.60. The number of benzene rings is 1. The van der Waals surface area contributed by atoms with E-state index in [9.17, 15) is 0 Å². The Morgan fingerprint density at radius 2 is 2.14 bits per heavy atom. The molecule has 0 N–H and O–H groups in total. The lowest BCUT2D eigenvalue weighted by atomic mass is 10.0. The fourth-order valence-corrected chi connectivity index (χ4v) is 3.01. The van der Waals surface area contributed by atoms with Gasteiger partial charge in [-0.05, 0) is 31.9 Å². The second-order valence-corrected chi connectivity index (χ2v) is 5.40. The van der Waals surface area contributed by atoms with Crippen LogP contribution in [0, 0.1) is 18.3 Å². The monoisotopic (exact) mass is 294 g/mol. The highest BCUT2D eigenvalue weighted by Gasteiger charge is 2.30. The topological polar surface area (TPSA) is 62.0 Å². The number of para-hydroxylation sites is 1. The molecule has 0 aliphatic carbocycles. The SMILES string of the molecule is COc1ccccc1C1CCCN1c1nc(C)cc(C#N)n1. The van der Waals surface area contributed by atoms with Crippen molar-refractivity contribution in [2.24, 2.45) is 0 Å². The molecule has 5 nitrogen and oxygen atoms in total. The summed E-state index contributed by atoms with van der Waals surface area (Å²) in [6.45, 7) is 2.78. The van der Waals surface area contributed by atoms with Gasteiger partial charge in [0.25, 0.3) is 0 Å². The molecule has 112 valence electrons. The van der Waals surface area contributed by atoms with Crippen LogP contribution in [0.2, 0.25) is 0 Å². The van der Waals surface area contributed by atoms with E-state index in [-0.39, 0.29) is 6.04 Å². The second-order valence-electron chi connectivity index (χ2n) is 5.40. The maximum Gasteiger partial charge on any atom is 0.227 e. The van der Waals surface area contributed by atoms with Crippen molar-refractivity contribution in [1.29, 1.82) is 5.26 Å². The summed E-state index contributed by atoms with van der Waals surface area (Å²) in [5.41, 5.74) is 2.37. The van der Waals surface area contributed by atoms with E-state index < -0.39 is 0 Å². The van der Waals surface area contributed by atoms with Gasteiger partial charge in [0.05, 0.1) is 13.2 Å². The molecule has 1 aliphatic rings. The van der Waals surface area contributed by atoms with Gasteiger partial charge >= 0.3 is 0 Å². The Morgan fingerprint density at radius 3 is 2.91 bits per heavy atom. The molecule has 1 atom stereocenters. The summed E-state index contributed by atoms with van der Waals surface area (Å²) < 4.78 is 5.49. The van der Waals surface area contributed by atoms with Gasteiger partial charge in [-0.1, -0.05) is 18.2 Å². The zero-order chi connectivity index (χ0) is 15.5. The second kappa shape index (κ2) is 6.02. The Labute approximate surface area is 130 Å². The molecule has 0 bridgehead atoms. The molecule has 0 amide bonds. The van der Waals surface area contributed by atoms with Crippen LogP contribution >= 0.6 is 0 Å². The first-order valence-electron chi connectivity index (χ1n) is 7.38. The minimum atomic E-state index is 0.185. The number of nitrogens with zero attached hydrogens (tertiary/aromatic N) is 4. The zero-order valence-electron chi connectivity index (χ0n) is 12.8.